The number of para-hydroxylation sites is 1. The molecule has 4 heterocycles. The molecule has 0 radical (unpaired) electrons. The summed E-state index contributed by atoms with van der Waals surface area (Å²) in [5.41, 5.74) is 3.51. The molecule has 0 amide bonds. The molecule has 1 aromatic carbocycles. The molecule has 0 saturated carbocycles. The average Bonchev–Trinajstić information content (AvgIpc) is 3.20. The van der Waals surface area contributed by atoms with Crippen molar-refractivity contribution < 1.29 is 4.74 Å². The van der Waals surface area contributed by atoms with Crippen LogP contribution in [0.5, 0.6) is 5.88 Å². The van der Waals surface area contributed by atoms with Crippen LogP contribution < -0.4 is 9.64 Å². The molecule has 5 rings (SSSR count). The minimum atomic E-state index is 0.0463. The SMILES string of the molecule is CCn1c(-c2cnc(C)nc2)nc2c(O[C@H]3CCCN(c4ccccc4)C3)ncnc21. The van der Waals surface area contributed by atoms with Crippen LogP contribution in [0.3, 0.4) is 0 Å². The normalized spacial score (nSPS) is 16.6. The van der Waals surface area contributed by atoms with Crippen LogP contribution in [0.1, 0.15) is 25.6 Å². The van der Waals surface area contributed by atoms with Gasteiger partial charge in [0.05, 0.1) is 12.1 Å². The lowest BCUT2D eigenvalue weighted by Crippen LogP contribution is -2.41. The molecule has 0 unspecified atom stereocenters. The maximum absolute atomic E-state index is 6.39. The predicted molar refractivity (Wildman–Crippen MR) is 119 cm³/mol. The van der Waals surface area contributed by atoms with E-state index >= 15 is 0 Å². The Morgan fingerprint density at radius 2 is 1.87 bits per heavy atom. The highest BCUT2D eigenvalue weighted by Gasteiger charge is 2.24. The van der Waals surface area contributed by atoms with Crippen molar-refractivity contribution in [3.05, 3.63) is 54.9 Å². The average molecular weight is 416 g/mol. The highest BCUT2D eigenvalue weighted by atomic mass is 16.5. The number of piperidine rings is 1. The van der Waals surface area contributed by atoms with Gasteiger partial charge >= 0.3 is 0 Å². The molecular weight excluding hydrogens is 390 g/mol. The number of rotatable bonds is 5. The second-order valence-corrected chi connectivity index (χ2v) is 7.71. The van der Waals surface area contributed by atoms with Crippen molar-refractivity contribution >= 4 is 16.9 Å². The van der Waals surface area contributed by atoms with Gasteiger partial charge in [-0.25, -0.2) is 19.9 Å². The summed E-state index contributed by atoms with van der Waals surface area (Å²) in [6.45, 7) is 6.52. The first-order valence-electron chi connectivity index (χ1n) is 10.7. The van der Waals surface area contributed by atoms with Gasteiger partial charge in [0.2, 0.25) is 5.88 Å². The molecule has 1 saturated heterocycles. The standard InChI is InChI=1S/C23H25N7O/c1-3-30-21(17-12-24-16(2)25-13-17)28-20-22(30)26-15-27-23(20)31-19-10-7-11-29(14-19)18-8-5-4-6-9-18/h4-6,8-9,12-13,15,19H,3,7,10-11,14H2,1-2H3/t19-/m0/s1. The Morgan fingerprint density at radius 3 is 2.65 bits per heavy atom. The zero-order chi connectivity index (χ0) is 21.2. The second kappa shape index (κ2) is 8.29. The second-order valence-electron chi connectivity index (χ2n) is 7.71. The Morgan fingerprint density at radius 1 is 1.06 bits per heavy atom. The molecule has 3 aromatic heterocycles. The van der Waals surface area contributed by atoms with Crippen molar-refractivity contribution in [3.63, 3.8) is 0 Å². The summed E-state index contributed by atoms with van der Waals surface area (Å²) in [4.78, 5) is 24.8. The lowest BCUT2D eigenvalue weighted by molar-refractivity contribution is 0.174. The monoisotopic (exact) mass is 415 g/mol. The van der Waals surface area contributed by atoms with E-state index in [1.165, 1.54) is 5.69 Å². The molecule has 31 heavy (non-hydrogen) atoms. The van der Waals surface area contributed by atoms with Crippen molar-refractivity contribution in [2.24, 2.45) is 0 Å². The number of aromatic nitrogens is 6. The highest BCUT2D eigenvalue weighted by Crippen LogP contribution is 2.29. The van der Waals surface area contributed by atoms with E-state index in [-0.39, 0.29) is 6.10 Å². The van der Waals surface area contributed by atoms with E-state index in [1.54, 1.807) is 18.7 Å². The van der Waals surface area contributed by atoms with E-state index < -0.39 is 0 Å². The molecule has 1 fully saturated rings. The molecule has 0 bridgehead atoms. The van der Waals surface area contributed by atoms with Gasteiger partial charge in [-0.05, 0) is 38.8 Å². The number of hydrogen-bond acceptors (Lipinski definition) is 7. The molecule has 1 aliphatic heterocycles. The number of benzene rings is 1. The van der Waals surface area contributed by atoms with Crippen LogP contribution >= 0.6 is 0 Å². The van der Waals surface area contributed by atoms with Crippen LogP contribution in [-0.2, 0) is 6.54 Å². The van der Waals surface area contributed by atoms with E-state index in [9.17, 15) is 0 Å². The van der Waals surface area contributed by atoms with Gasteiger partial charge in [0.1, 0.15) is 24.1 Å². The van der Waals surface area contributed by atoms with Crippen molar-refractivity contribution in [2.45, 2.75) is 39.3 Å². The molecule has 0 aliphatic carbocycles. The smallest absolute Gasteiger partial charge is 0.245 e. The fourth-order valence-corrected chi connectivity index (χ4v) is 4.10. The summed E-state index contributed by atoms with van der Waals surface area (Å²) in [6.07, 6.45) is 7.25. The van der Waals surface area contributed by atoms with Crippen molar-refractivity contribution in [2.75, 3.05) is 18.0 Å². The lowest BCUT2D eigenvalue weighted by Gasteiger charge is -2.34. The molecule has 4 aromatic rings. The fraction of sp³-hybridized carbons (Fsp3) is 0.348. The predicted octanol–water partition coefficient (Wildman–Crippen LogP) is 3.66. The van der Waals surface area contributed by atoms with Crippen LogP contribution in [0, 0.1) is 6.92 Å². The van der Waals surface area contributed by atoms with Crippen molar-refractivity contribution in [1.82, 2.24) is 29.5 Å². The summed E-state index contributed by atoms with van der Waals surface area (Å²) in [5.74, 6) is 2.04. The molecule has 0 spiro atoms. The van der Waals surface area contributed by atoms with Gasteiger partial charge in [0, 0.05) is 31.2 Å². The maximum atomic E-state index is 6.39. The van der Waals surface area contributed by atoms with Gasteiger partial charge in [-0.1, -0.05) is 18.2 Å². The van der Waals surface area contributed by atoms with E-state index in [2.05, 4.69) is 60.6 Å². The summed E-state index contributed by atoms with van der Waals surface area (Å²) in [7, 11) is 0. The minimum Gasteiger partial charge on any atom is -0.471 e. The molecule has 1 aliphatic rings. The third kappa shape index (κ3) is 3.81. The van der Waals surface area contributed by atoms with Gasteiger partial charge in [0.25, 0.3) is 0 Å². The largest absolute Gasteiger partial charge is 0.471 e. The lowest BCUT2D eigenvalue weighted by atomic mass is 10.1. The minimum absolute atomic E-state index is 0.0463. The van der Waals surface area contributed by atoms with E-state index in [0.717, 1.165) is 55.3 Å². The van der Waals surface area contributed by atoms with Crippen LogP contribution in [0.25, 0.3) is 22.6 Å². The van der Waals surface area contributed by atoms with Crippen LogP contribution in [-0.4, -0.2) is 48.7 Å². The number of anilines is 1. The summed E-state index contributed by atoms with van der Waals surface area (Å²) in [5, 5.41) is 0. The first-order valence-corrected chi connectivity index (χ1v) is 10.7. The van der Waals surface area contributed by atoms with Gasteiger partial charge < -0.3 is 14.2 Å². The zero-order valence-electron chi connectivity index (χ0n) is 17.8. The van der Waals surface area contributed by atoms with E-state index in [4.69, 9.17) is 9.72 Å². The first kappa shape index (κ1) is 19.4. The Labute approximate surface area is 181 Å². The summed E-state index contributed by atoms with van der Waals surface area (Å²) < 4.78 is 8.44. The summed E-state index contributed by atoms with van der Waals surface area (Å²) >= 11 is 0. The first-order chi connectivity index (χ1) is 15.2. The van der Waals surface area contributed by atoms with Gasteiger partial charge in [0.15, 0.2) is 11.2 Å². The fourth-order valence-electron chi connectivity index (χ4n) is 4.10. The van der Waals surface area contributed by atoms with E-state index in [1.807, 2.05) is 13.0 Å². The third-order valence-electron chi connectivity index (χ3n) is 5.63. The quantitative estimate of drug-likeness (QED) is 0.492. The number of aryl methyl sites for hydroxylation is 2. The summed E-state index contributed by atoms with van der Waals surface area (Å²) in [6, 6.07) is 10.5. The van der Waals surface area contributed by atoms with Gasteiger partial charge in [-0.15, -0.1) is 0 Å². The molecule has 8 nitrogen and oxygen atoms in total. The number of ether oxygens (including phenoxy) is 1. The molecule has 0 N–H and O–H groups in total. The Hall–Kier alpha value is -3.55. The Bertz CT molecular complexity index is 1170. The third-order valence-corrected chi connectivity index (χ3v) is 5.63. The van der Waals surface area contributed by atoms with Crippen LogP contribution in [0.15, 0.2) is 49.1 Å². The Balaban J connectivity index is 1.46. The number of nitrogens with zero attached hydrogens (tertiary/aromatic N) is 7. The maximum Gasteiger partial charge on any atom is 0.245 e. The van der Waals surface area contributed by atoms with Crippen LogP contribution in [0.2, 0.25) is 0 Å². The molecule has 158 valence electrons. The van der Waals surface area contributed by atoms with Crippen LogP contribution in [0.4, 0.5) is 5.69 Å². The van der Waals surface area contributed by atoms with Crippen molar-refractivity contribution in [1.29, 1.82) is 0 Å². The Kier molecular flexibility index (Phi) is 5.19. The number of fused-ring (bicyclic) bond motifs is 1. The number of hydrogen-bond donors (Lipinski definition) is 0. The van der Waals surface area contributed by atoms with E-state index in [0.29, 0.717) is 11.4 Å². The number of imidazole rings is 1. The topological polar surface area (TPSA) is 81.9 Å². The molecule has 1 atom stereocenters. The van der Waals surface area contributed by atoms with Gasteiger partial charge in [-0.3, -0.25) is 0 Å². The zero-order valence-corrected chi connectivity index (χ0v) is 17.8. The van der Waals surface area contributed by atoms with Crippen molar-refractivity contribution in [3.8, 4) is 17.3 Å². The highest BCUT2D eigenvalue weighted by molar-refractivity contribution is 5.81. The molecule has 8 heteroatoms. The van der Waals surface area contributed by atoms with Gasteiger partial charge in [-0.2, -0.15) is 4.98 Å². The molecular formula is C23H25N7O.